The van der Waals surface area contributed by atoms with Crippen molar-refractivity contribution in [3.05, 3.63) is 28.8 Å². The third-order valence-corrected chi connectivity index (χ3v) is 3.93. The van der Waals surface area contributed by atoms with Crippen LogP contribution in [0.3, 0.4) is 0 Å². The van der Waals surface area contributed by atoms with E-state index in [4.69, 9.17) is 0 Å². The molecule has 1 atom stereocenters. The van der Waals surface area contributed by atoms with Crippen LogP contribution < -0.4 is 5.32 Å². The minimum absolute atomic E-state index is 0.689. The first-order chi connectivity index (χ1) is 6.20. The van der Waals surface area contributed by atoms with Gasteiger partial charge >= 0.3 is 0 Å². The molecule has 13 heavy (non-hydrogen) atoms. The standard InChI is InChI=1S/C11H14IN/c1-7-3-4-8(2)11-10(7)9(12)5-6-13-11/h3-4,9,13H,5-6H2,1-2H3. The molecule has 1 unspecified atom stereocenters. The second-order valence-corrected chi connectivity index (χ2v) is 5.17. The zero-order valence-corrected chi connectivity index (χ0v) is 10.2. The molecule has 0 aliphatic carbocycles. The molecule has 0 spiro atoms. The Morgan fingerprint density at radius 3 is 2.69 bits per heavy atom. The van der Waals surface area contributed by atoms with E-state index in [-0.39, 0.29) is 0 Å². The fourth-order valence-corrected chi connectivity index (χ4v) is 3.05. The predicted molar refractivity (Wildman–Crippen MR) is 65.8 cm³/mol. The van der Waals surface area contributed by atoms with Gasteiger partial charge < -0.3 is 5.32 Å². The molecule has 0 saturated heterocycles. The lowest BCUT2D eigenvalue weighted by Gasteiger charge is -2.26. The van der Waals surface area contributed by atoms with Gasteiger partial charge in [-0.3, -0.25) is 0 Å². The third-order valence-electron chi connectivity index (χ3n) is 2.68. The summed E-state index contributed by atoms with van der Waals surface area (Å²) in [6, 6.07) is 4.43. The molecule has 0 fully saturated rings. The highest BCUT2D eigenvalue weighted by Crippen LogP contribution is 2.39. The highest BCUT2D eigenvalue weighted by Gasteiger charge is 2.20. The van der Waals surface area contributed by atoms with Crippen LogP contribution in [0.5, 0.6) is 0 Å². The van der Waals surface area contributed by atoms with Crippen molar-refractivity contribution in [3.63, 3.8) is 0 Å². The molecule has 1 nitrogen and oxygen atoms in total. The third kappa shape index (κ3) is 1.56. The largest absolute Gasteiger partial charge is 0.385 e. The fourth-order valence-electron chi connectivity index (χ4n) is 1.94. The Morgan fingerprint density at radius 2 is 2.00 bits per heavy atom. The quantitative estimate of drug-likeness (QED) is 0.568. The van der Waals surface area contributed by atoms with Crippen molar-refractivity contribution in [3.8, 4) is 0 Å². The Labute approximate surface area is 93.1 Å². The highest BCUT2D eigenvalue weighted by molar-refractivity contribution is 14.1. The smallest absolute Gasteiger partial charge is 0.0415 e. The number of nitrogens with one attached hydrogen (secondary N) is 1. The van der Waals surface area contributed by atoms with E-state index >= 15 is 0 Å². The minimum Gasteiger partial charge on any atom is -0.385 e. The van der Waals surface area contributed by atoms with Crippen LogP contribution in [0.15, 0.2) is 12.1 Å². The van der Waals surface area contributed by atoms with Gasteiger partial charge in [0, 0.05) is 16.2 Å². The van der Waals surface area contributed by atoms with E-state index in [0.717, 1.165) is 6.54 Å². The molecule has 1 aromatic rings. The van der Waals surface area contributed by atoms with E-state index in [0.29, 0.717) is 3.92 Å². The number of benzene rings is 1. The van der Waals surface area contributed by atoms with E-state index in [1.807, 2.05) is 0 Å². The zero-order valence-electron chi connectivity index (χ0n) is 8.02. The second-order valence-electron chi connectivity index (χ2n) is 3.67. The summed E-state index contributed by atoms with van der Waals surface area (Å²) in [5.74, 6) is 0. The van der Waals surface area contributed by atoms with Crippen LogP contribution in [0, 0.1) is 13.8 Å². The van der Waals surface area contributed by atoms with E-state index in [9.17, 15) is 0 Å². The fraction of sp³-hybridized carbons (Fsp3) is 0.455. The molecule has 1 aromatic carbocycles. The molecule has 1 N–H and O–H groups in total. The van der Waals surface area contributed by atoms with Crippen molar-refractivity contribution in [2.75, 3.05) is 11.9 Å². The maximum atomic E-state index is 3.50. The van der Waals surface area contributed by atoms with Crippen LogP contribution in [-0.4, -0.2) is 6.54 Å². The van der Waals surface area contributed by atoms with Gasteiger partial charge in [0.1, 0.15) is 0 Å². The lowest BCUT2D eigenvalue weighted by atomic mass is 9.95. The van der Waals surface area contributed by atoms with Crippen LogP contribution in [-0.2, 0) is 0 Å². The van der Waals surface area contributed by atoms with Crippen LogP contribution in [0.2, 0.25) is 0 Å². The summed E-state index contributed by atoms with van der Waals surface area (Å²) in [6.45, 7) is 5.50. The SMILES string of the molecule is Cc1ccc(C)c2c1NCCC2I. The van der Waals surface area contributed by atoms with Gasteiger partial charge in [0.2, 0.25) is 0 Å². The Hall–Kier alpha value is -0.250. The summed E-state index contributed by atoms with van der Waals surface area (Å²) in [5, 5.41) is 3.50. The number of rotatable bonds is 0. The molecule has 0 bridgehead atoms. The van der Waals surface area contributed by atoms with Gasteiger partial charge in [0.15, 0.2) is 0 Å². The lowest BCUT2D eigenvalue weighted by Crippen LogP contribution is -2.15. The van der Waals surface area contributed by atoms with Crippen LogP contribution in [0.1, 0.15) is 27.0 Å². The number of alkyl halides is 1. The maximum absolute atomic E-state index is 3.50. The molecule has 0 radical (unpaired) electrons. The van der Waals surface area contributed by atoms with Crippen LogP contribution in [0.4, 0.5) is 5.69 Å². The number of fused-ring (bicyclic) bond motifs is 1. The van der Waals surface area contributed by atoms with E-state index in [1.165, 1.54) is 28.8 Å². The predicted octanol–water partition coefficient (Wildman–Crippen LogP) is 3.60. The summed E-state index contributed by atoms with van der Waals surface area (Å²) in [7, 11) is 0. The molecular weight excluding hydrogens is 273 g/mol. The Balaban J connectivity index is 2.60. The summed E-state index contributed by atoms with van der Waals surface area (Å²) >= 11 is 2.55. The van der Waals surface area contributed by atoms with Crippen molar-refractivity contribution in [1.82, 2.24) is 0 Å². The molecule has 70 valence electrons. The molecule has 1 aliphatic rings. The van der Waals surface area contributed by atoms with Crippen molar-refractivity contribution in [1.29, 1.82) is 0 Å². The monoisotopic (exact) mass is 287 g/mol. The molecular formula is C11H14IN. The van der Waals surface area contributed by atoms with Gasteiger partial charge in [-0.05, 0) is 37.0 Å². The van der Waals surface area contributed by atoms with Gasteiger partial charge in [-0.25, -0.2) is 0 Å². The minimum atomic E-state index is 0.689. The maximum Gasteiger partial charge on any atom is 0.0415 e. The first kappa shape index (κ1) is 9.31. The topological polar surface area (TPSA) is 12.0 Å². The van der Waals surface area contributed by atoms with E-state index in [2.05, 4.69) is 53.9 Å². The average molecular weight is 287 g/mol. The highest BCUT2D eigenvalue weighted by atomic mass is 127. The number of aryl methyl sites for hydroxylation is 2. The van der Waals surface area contributed by atoms with Gasteiger partial charge in [-0.15, -0.1) is 0 Å². The Morgan fingerprint density at radius 1 is 1.31 bits per heavy atom. The van der Waals surface area contributed by atoms with Crippen molar-refractivity contribution < 1.29 is 0 Å². The molecule has 2 heteroatoms. The summed E-state index contributed by atoms with van der Waals surface area (Å²) < 4.78 is 0.689. The molecule has 1 aliphatic heterocycles. The molecule has 0 amide bonds. The van der Waals surface area contributed by atoms with Crippen molar-refractivity contribution in [2.24, 2.45) is 0 Å². The Bertz CT molecular complexity index is 333. The molecule has 0 saturated carbocycles. The normalized spacial score (nSPS) is 20.7. The van der Waals surface area contributed by atoms with Gasteiger partial charge in [0.05, 0.1) is 0 Å². The van der Waals surface area contributed by atoms with E-state index < -0.39 is 0 Å². The summed E-state index contributed by atoms with van der Waals surface area (Å²) in [5.41, 5.74) is 5.70. The van der Waals surface area contributed by atoms with Crippen LogP contribution in [0.25, 0.3) is 0 Å². The van der Waals surface area contributed by atoms with Gasteiger partial charge in [-0.1, -0.05) is 34.7 Å². The number of anilines is 1. The average Bonchev–Trinajstić information content (AvgIpc) is 2.12. The van der Waals surface area contributed by atoms with Crippen molar-refractivity contribution in [2.45, 2.75) is 24.2 Å². The van der Waals surface area contributed by atoms with Gasteiger partial charge in [0.25, 0.3) is 0 Å². The number of hydrogen-bond donors (Lipinski definition) is 1. The Kier molecular flexibility index (Phi) is 2.49. The van der Waals surface area contributed by atoms with Crippen LogP contribution >= 0.6 is 22.6 Å². The lowest BCUT2D eigenvalue weighted by molar-refractivity contribution is 0.826. The summed E-state index contributed by atoms with van der Waals surface area (Å²) in [6.07, 6.45) is 1.25. The molecule has 2 rings (SSSR count). The number of halogens is 1. The van der Waals surface area contributed by atoms with Gasteiger partial charge in [-0.2, -0.15) is 0 Å². The second kappa shape index (κ2) is 3.48. The zero-order chi connectivity index (χ0) is 9.42. The van der Waals surface area contributed by atoms with E-state index in [1.54, 1.807) is 0 Å². The molecule has 0 aromatic heterocycles. The summed E-state index contributed by atoms with van der Waals surface area (Å²) in [4.78, 5) is 0. The molecule has 1 heterocycles. The first-order valence-electron chi connectivity index (χ1n) is 4.68. The van der Waals surface area contributed by atoms with Crippen molar-refractivity contribution >= 4 is 28.3 Å². The number of hydrogen-bond acceptors (Lipinski definition) is 1. The first-order valence-corrected chi connectivity index (χ1v) is 5.93.